The number of rotatable bonds is 5. The van der Waals surface area contributed by atoms with Crippen LogP contribution >= 0.6 is 27.5 Å². The van der Waals surface area contributed by atoms with Crippen molar-refractivity contribution < 1.29 is 4.39 Å². The standard InChI is InChI=1S/C14H15BrClFN2/c15-10-6-12-13(7-11(10)17)19(14(8-16)18-12)5-1-2-9-3-4-9/h6-7,9H,1-5,8H2. The third-order valence-electron chi connectivity index (χ3n) is 3.68. The van der Waals surface area contributed by atoms with Crippen molar-refractivity contribution in [1.82, 2.24) is 9.55 Å². The maximum atomic E-state index is 13.7. The zero-order valence-corrected chi connectivity index (χ0v) is 12.8. The van der Waals surface area contributed by atoms with E-state index >= 15 is 0 Å². The van der Waals surface area contributed by atoms with Crippen molar-refractivity contribution in [2.45, 2.75) is 38.1 Å². The number of aromatic nitrogens is 2. The number of hydrogen-bond acceptors (Lipinski definition) is 1. The highest BCUT2D eigenvalue weighted by molar-refractivity contribution is 9.10. The topological polar surface area (TPSA) is 17.8 Å². The molecule has 0 saturated heterocycles. The number of aryl methyl sites for hydroxylation is 1. The van der Waals surface area contributed by atoms with E-state index in [4.69, 9.17) is 11.6 Å². The van der Waals surface area contributed by atoms with E-state index in [2.05, 4.69) is 25.5 Å². The van der Waals surface area contributed by atoms with Crippen LogP contribution in [0.4, 0.5) is 4.39 Å². The molecule has 19 heavy (non-hydrogen) atoms. The molecule has 1 aliphatic carbocycles. The first kappa shape index (κ1) is 13.4. The van der Waals surface area contributed by atoms with Crippen molar-refractivity contribution in [3.05, 3.63) is 28.2 Å². The Morgan fingerprint density at radius 2 is 2.21 bits per heavy atom. The number of imidazole rings is 1. The van der Waals surface area contributed by atoms with Gasteiger partial charge in [-0.15, -0.1) is 11.6 Å². The van der Waals surface area contributed by atoms with E-state index in [1.807, 2.05) is 0 Å². The molecule has 1 fully saturated rings. The molecule has 3 rings (SSSR count). The molecule has 0 bridgehead atoms. The van der Waals surface area contributed by atoms with Gasteiger partial charge in [-0.25, -0.2) is 9.37 Å². The van der Waals surface area contributed by atoms with Gasteiger partial charge in [0.05, 0.1) is 21.4 Å². The summed E-state index contributed by atoms with van der Waals surface area (Å²) < 4.78 is 16.2. The monoisotopic (exact) mass is 344 g/mol. The fourth-order valence-corrected chi connectivity index (χ4v) is 3.00. The normalized spacial score (nSPS) is 15.3. The van der Waals surface area contributed by atoms with Gasteiger partial charge >= 0.3 is 0 Å². The molecule has 0 aliphatic heterocycles. The average Bonchev–Trinajstić information content (AvgIpc) is 3.15. The van der Waals surface area contributed by atoms with E-state index < -0.39 is 0 Å². The Bertz CT molecular complexity index is 607. The number of nitrogens with zero attached hydrogens (tertiary/aromatic N) is 2. The molecule has 1 aliphatic rings. The molecular formula is C14H15BrClFN2. The van der Waals surface area contributed by atoms with Gasteiger partial charge in [0.15, 0.2) is 0 Å². The summed E-state index contributed by atoms with van der Waals surface area (Å²) in [5.41, 5.74) is 1.64. The first-order valence-corrected chi connectivity index (χ1v) is 7.92. The van der Waals surface area contributed by atoms with Crippen LogP contribution in [0.2, 0.25) is 0 Å². The van der Waals surface area contributed by atoms with E-state index in [-0.39, 0.29) is 5.82 Å². The van der Waals surface area contributed by atoms with Crippen LogP contribution in [0.3, 0.4) is 0 Å². The van der Waals surface area contributed by atoms with Gasteiger partial charge in [-0.2, -0.15) is 0 Å². The lowest BCUT2D eigenvalue weighted by molar-refractivity contribution is 0.574. The highest BCUT2D eigenvalue weighted by Gasteiger charge is 2.21. The smallest absolute Gasteiger partial charge is 0.139 e. The lowest BCUT2D eigenvalue weighted by Crippen LogP contribution is -2.03. The quantitative estimate of drug-likeness (QED) is 0.707. The van der Waals surface area contributed by atoms with Crippen LogP contribution in [0.5, 0.6) is 0 Å². The number of hydrogen-bond donors (Lipinski definition) is 0. The Morgan fingerprint density at radius 3 is 2.89 bits per heavy atom. The molecule has 1 aromatic carbocycles. The van der Waals surface area contributed by atoms with Crippen LogP contribution < -0.4 is 0 Å². The summed E-state index contributed by atoms with van der Waals surface area (Å²) in [6.45, 7) is 0.871. The van der Waals surface area contributed by atoms with Crippen molar-refractivity contribution >= 4 is 38.6 Å². The molecule has 1 heterocycles. The van der Waals surface area contributed by atoms with Gasteiger partial charge in [-0.05, 0) is 40.8 Å². The van der Waals surface area contributed by atoms with Crippen molar-refractivity contribution in [3.63, 3.8) is 0 Å². The van der Waals surface area contributed by atoms with Crippen LogP contribution in [0.1, 0.15) is 31.5 Å². The summed E-state index contributed by atoms with van der Waals surface area (Å²) in [5, 5.41) is 0. The molecular weight excluding hydrogens is 331 g/mol. The molecule has 1 aromatic heterocycles. The zero-order valence-electron chi connectivity index (χ0n) is 10.5. The fourth-order valence-electron chi connectivity index (χ4n) is 2.47. The predicted octanol–water partition coefficient (Wildman–Crippen LogP) is 4.87. The molecule has 0 N–H and O–H groups in total. The van der Waals surface area contributed by atoms with Gasteiger partial charge in [0, 0.05) is 12.6 Å². The molecule has 0 radical (unpaired) electrons. The molecule has 0 amide bonds. The molecule has 0 spiro atoms. The summed E-state index contributed by atoms with van der Waals surface area (Å²) >= 11 is 9.14. The Kier molecular flexibility index (Phi) is 3.81. The van der Waals surface area contributed by atoms with E-state index in [0.717, 1.165) is 35.7 Å². The van der Waals surface area contributed by atoms with Gasteiger partial charge in [-0.1, -0.05) is 12.8 Å². The Morgan fingerprint density at radius 1 is 1.42 bits per heavy atom. The third kappa shape index (κ3) is 2.79. The highest BCUT2D eigenvalue weighted by atomic mass is 79.9. The molecule has 2 nitrogen and oxygen atoms in total. The van der Waals surface area contributed by atoms with E-state index in [0.29, 0.717) is 10.4 Å². The second kappa shape index (κ2) is 5.41. The van der Waals surface area contributed by atoms with E-state index in [1.54, 1.807) is 12.1 Å². The van der Waals surface area contributed by atoms with Gasteiger partial charge in [0.1, 0.15) is 11.6 Å². The van der Waals surface area contributed by atoms with Crippen LogP contribution in [0, 0.1) is 11.7 Å². The van der Waals surface area contributed by atoms with Gasteiger partial charge in [0.2, 0.25) is 0 Å². The number of halogens is 3. The summed E-state index contributed by atoms with van der Waals surface area (Å²) in [6.07, 6.45) is 5.10. The number of fused-ring (bicyclic) bond motifs is 1. The minimum Gasteiger partial charge on any atom is -0.327 e. The van der Waals surface area contributed by atoms with Crippen LogP contribution in [-0.4, -0.2) is 9.55 Å². The lowest BCUT2D eigenvalue weighted by Gasteiger charge is -2.07. The zero-order chi connectivity index (χ0) is 13.4. The van der Waals surface area contributed by atoms with E-state index in [9.17, 15) is 4.39 Å². The van der Waals surface area contributed by atoms with Crippen molar-refractivity contribution in [1.29, 1.82) is 0 Å². The maximum Gasteiger partial charge on any atom is 0.139 e. The lowest BCUT2D eigenvalue weighted by atomic mass is 10.2. The molecule has 1 saturated carbocycles. The van der Waals surface area contributed by atoms with E-state index in [1.165, 1.54) is 19.3 Å². The summed E-state index contributed by atoms with van der Waals surface area (Å²) in [6, 6.07) is 3.26. The molecule has 5 heteroatoms. The first-order chi connectivity index (χ1) is 9.19. The second-order valence-corrected chi connectivity index (χ2v) is 6.28. The Hall–Kier alpha value is -0.610. The Labute approximate surface area is 125 Å². The first-order valence-electron chi connectivity index (χ1n) is 6.59. The highest BCUT2D eigenvalue weighted by Crippen LogP contribution is 2.34. The van der Waals surface area contributed by atoms with Gasteiger partial charge in [-0.3, -0.25) is 0 Å². The minimum atomic E-state index is -0.253. The van der Waals surface area contributed by atoms with Crippen molar-refractivity contribution in [3.8, 4) is 0 Å². The summed E-state index contributed by atoms with van der Waals surface area (Å²) in [7, 11) is 0. The van der Waals surface area contributed by atoms with Crippen molar-refractivity contribution in [2.75, 3.05) is 0 Å². The number of alkyl halides is 1. The van der Waals surface area contributed by atoms with Gasteiger partial charge in [0.25, 0.3) is 0 Å². The largest absolute Gasteiger partial charge is 0.327 e. The van der Waals surface area contributed by atoms with Gasteiger partial charge < -0.3 is 4.57 Å². The predicted molar refractivity (Wildman–Crippen MR) is 78.9 cm³/mol. The number of benzene rings is 1. The maximum absolute atomic E-state index is 13.7. The second-order valence-electron chi connectivity index (χ2n) is 5.15. The average molecular weight is 346 g/mol. The molecule has 0 unspecified atom stereocenters. The van der Waals surface area contributed by atoms with Crippen LogP contribution in [0.15, 0.2) is 16.6 Å². The minimum absolute atomic E-state index is 0.253. The third-order valence-corrected chi connectivity index (χ3v) is 4.53. The molecule has 102 valence electrons. The van der Waals surface area contributed by atoms with Crippen LogP contribution in [-0.2, 0) is 12.4 Å². The van der Waals surface area contributed by atoms with Crippen LogP contribution in [0.25, 0.3) is 11.0 Å². The molecule has 0 atom stereocenters. The van der Waals surface area contributed by atoms with Crippen molar-refractivity contribution in [2.24, 2.45) is 5.92 Å². The Balaban J connectivity index is 1.91. The SMILES string of the molecule is Fc1cc2c(cc1Br)nc(CCl)n2CCCC1CC1. The fraction of sp³-hybridized carbons (Fsp3) is 0.500. The summed E-state index contributed by atoms with van der Waals surface area (Å²) in [4.78, 5) is 4.48. The molecule has 2 aromatic rings. The summed E-state index contributed by atoms with van der Waals surface area (Å²) in [5.74, 6) is 1.85.